The number of hydrogen-bond acceptors (Lipinski definition) is 5. The molecule has 0 radical (unpaired) electrons. The fourth-order valence-electron chi connectivity index (χ4n) is 1.25. The summed E-state index contributed by atoms with van der Waals surface area (Å²) >= 11 is 0. The molecule has 1 heterocycles. The van der Waals surface area contributed by atoms with E-state index in [4.69, 9.17) is 0 Å². The normalized spacial score (nSPS) is 12.3. The molecule has 1 aromatic rings. The maximum atomic E-state index is 10.8. The Balaban J connectivity index is 3.14. The number of carbonyl (C=O) groups is 2. The second-order valence-electron chi connectivity index (χ2n) is 3.69. The van der Waals surface area contributed by atoms with Gasteiger partial charge in [-0.25, -0.2) is 4.98 Å². The molecule has 0 atom stereocenters. The Hall–Kier alpha value is -2.43. The molecule has 0 saturated carbocycles. The SMILES string of the molecule is CC(=O)/C=C(\O)c1cccc(/C(O)=C/C(C)=O)n1. The first-order chi connectivity index (χ1) is 8.40. The molecule has 5 heteroatoms. The van der Waals surface area contributed by atoms with Crippen LogP contribution in [0.3, 0.4) is 0 Å². The minimum atomic E-state index is -0.316. The smallest absolute Gasteiger partial charge is 0.156 e. The van der Waals surface area contributed by atoms with Crippen molar-refractivity contribution >= 4 is 23.1 Å². The summed E-state index contributed by atoms with van der Waals surface area (Å²) in [6, 6.07) is 4.52. The van der Waals surface area contributed by atoms with Crippen molar-refractivity contribution in [3.8, 4) is 0 Å². The molecular formula is C13H13NO4. The Kier molecular flexibility index (Phi) is 4.37. The van der Waals surface area contributed by atoms with Gasteiger partial charge in [-0.3, -0.25) is 9.59 Å². The molecule has 0 bridgehead atoms. The maximum Gasteiger partial charge on any atom is 0.156 e. The predicted octanol–water partition coefficient (Wildman–Crippen LogP) is 2.06. The van der Waals surface area contributed by atoms with E-state index < -0.39 is 0 Å². The van der Waals surface area contributed by atoms with Crippen molar-refractivity contribution in [3.63, 3.8) is 0 Å². The van der Waals surface area contributed by atoms with E-state index in [-0.39, 0.29) is 34.5 Å². The third-order valence-electron chi connectivity index (χ3n) is 1.95. The number of aromatic nitrogens is 1. The topological polar surface area (TPSA) is 87.5 Å². The number of pyridine rings is 1. The summed E-state index contributed by atoms with van der Waals surface area (Å²) in [5.74, 6) is -1.22. The Morgan fingerprint density at radius 1 is 1.00 bits per heavy atom. The molecule has 1 aromatic heterocycles. The summed E-state index contributed by atoms with van der Waals surface area (Å²) in [4.78, 5) is 25.6. The van der Waals surface area contributed by atoms with Gasteiger partial charge in [-0.15, -0.1) is 0 Å². The van der Waals surface area contributed by atoms with Crippen molar-refractivity contribution < 1.29 is 19.8 Å². The van der Waals surface area contributed by atoms with Gasteiger partial charge in [0.25, 0.3) is 0 Å². The van der Waals surface area contributed by atoms with Crippen LogP contribution in [-0.2, 0) is 9.59 Å². The molecule has 2 N–H and O–H groups in total. The lowest BCUT2D eigenvalue weighted by atomic mass is 10.2. The van der Waals surface area contributed by atoms with E-state index in [0.29, 0.717) is 0 Å². The number of aliphatic hydroxyl groups is 2. The van der Waals surface area contributed by atoms with Gasteiger partial charge >= 0.3 is 0 Å². The van der Waals surface area contributed by atoms with Crippen molar-refractivity contribution in [2.24, 2.45) is 0 Å². The van der Waals surface area contributed by atoms with Crippen LogP contribution in [0.4, 0.5) is 0 Å². The number of allylic oxidation sites excluding steroid dienone is 2. The van der Waals surface area contributed by atoms with Crippen LogP contribution in [0.25, 0.3) is 11.5 Å². The van der Waals surface area contributed by atoms with E-state index in [1.165, 1.54) is 26.0 Å². The molecule has 0 saturated heterocycles. The maximum absolute atomic E-state index is 10.8. The molecule has 1 rings (SSSR count). The summed E-state index contributed by atoms with van der Waals surface area (Å²) in [6.07, 6.45) is 2.05. The van der Waals surface area contributed by atoms with Crippen LogP contribution in [0.1, 0.15) is 25.2 Å². The van der Waals surface area contributed by atoms with Crippen molar-refractivity contribution in [1.82, 2.24) is 4.98 Å². The number of nitrogens with zero attached hydrogens (tertiary/aromatic N) is 1. The third-order valence-corrected chi connectivity index (χ3v) is 1.95. The number of rotatable bonds is 4. The summed E-state index contributed by atoms with van der Waals surface area (Å²) in [5, 5.41) is 19.2. The van der Waals surface area contributed by atoms with E-state index in [9.17, 15) is 19.8 Å². The molecule has 0 fully saturated rings. The van der Waals surface area contributed by atoms with Crippen molar-refractivity contribution in [2.75, 3.05) is 0 Å². The first kappa shape index (κ1) is 13.6. The molecule has 0 spiro atoms. The lowest BCUT2D eigenvalue weighted by Gasteiger charge is -2.02. The highest BCUT2D eigenvalue weighted by molar-refractivity contribution is 5.94. The average Bonchev–Trinajstić information content (AvgIpc) is 2.27. The van der Waals surface area contributed by atoms with E-state index in [1.807, 2.05) is 0 Å². The largest absolute Gasteiger partial charge is 0.506 e. The Labute approximate surface area is 104 Å². The fraction of sp³-hybridized carbons (Fsp3) is 0.154. The first-order valence-corrected chi connectivity index (χ1v) is 5.20. The summed E-state index contributed by atoms with van der Waals surface area (Å²) in [5.41, 5.74) is 0.289. The van der Waals surface area contributed by atoms with Gasteiger partial charge in [-0.2, -0.15) is 0 Å². The highest BCUT2D eigenvalue weighted by atomic mass is 16.3. The van der Waals surface area contributed by atoms with E-state index in [2.05, 4.69) is 4.98 Å². The van der Waals surface area contributed by atoms with Crippen LogP contribution in [0.5, 0.6) is 0 Å². The predicted molar refractivity (Wildman–Crippen MR) is 66.8 cm³/mol. The minimum absolute atomic E-state index is 0.145. The molecule has 5 nitrogen and oxygen atoms in total. The molecule has 0 unspecified atom stereocenters. The zero-order valence-electron chi connectivity index (χ0n) is 10.0. The minimum Gasteiger partial charge on any atom is -0.506 e. The van der Waals surface area contributed by atoms with E-state index in [0.717, 1.165) is 12.2 Å². The highest BCUT2D eigenvalue weighted by Crippen LogP contribution is 2.13. The Morgan fingerprint density at radius 3 is 1.72 bits per heavy atom. The number of hydrogen-bond donors (Lipinski definition) is 2. The van der Waals surface area contributed by atoms with Crippen LogP contribution < -0.4 is 0 Å². The van der Waals surface area contributed by atoms with Crippen LogP contribution >= 0.6 is 0 Å². The van der Waals surface area contributed by atoms with Crippen LogP contribution in [0.2, 0.25) is 0 Å². The zero-order chi connectivity index (χ0) is 13.7. The van der Waals surface area contributed by atoms with Gasteiger partial charge in [0.05, 0.1) is 0 Å². The third kappa shape index (κ3) is 3.86. The molecule has 18 heavy (non-hydrogen) atoms. The summed E-state index contributed by atoms with van der Waals surface area (Å²) in [7, 11) is 0. The zero-order valence-corrected chi connectivity index (χ0v) is 10.0. The van der Waals surface area contributed by atoms with Gasteiger partial charge in [-0.1, -0.05) is 6.07 Å². The molecule has 0 aliphatic carbocycles. The van der Waals surface area contributed by atoms with Gasteiger partial charge in [0.1, 0.15) is 22.9 Å². The van der Waals surface area contributed by atoms with E-state index in [1.54, 1.807) is 6.07 Å². The van der Waals surface area contributed by atoms with E-state index >= 15 is 0 Å². The number of aliphatic hydroxyl groups excluding tert-OH is 2. The Morgan fingerprint density at radius 2 is 1.39 bits per heavy atom. The van der Waals surface area contributed by atoms with Crippen LogP contribution in [0, 0.1) is 0 Å². The summed E-state index contributed by atoms with van der Waals surface area (Å²) < 4.78 is 0. The Bertz CT molecular complexity index is 498. The highest BCUT2D eigenvalue weighted by Gasteiger charge is 2.06. The summed E-state index contributed by atoms with van der Waals surface area (Å²) in [6.45, 7) is 2.60. The molecule has 0 amide bonds. The molecular weight excluding hydrogens is 234 g/mol. The lowest BCUT2D eigenvalue weighted by molar-refractivity contribution is -0.113. The lowest BCUT2D eigenvalue weighted by Crippen LogP contribution is -1.97. The van der Waals surface area contributed by atoms with Crippen LogP contribution in [0.15, 0.2) is 30.4 Å². The second kappa shape index (κ2) is 5.77. The fourth-order valence-corrected chi connectivity index (χ4v) is 1.25. The molecule has 0 aromatic carbocycles. The second-order valence-corrected chi connectivity index (χ2v) is 3.69. The van der Waals surface area contributed by atoms with Crippen molar-refractivity contribution in [1.29, 1.82) is 0 Å². The van der Waals surface area contributed by atoms with Gasteiger partial charge in [0.2, 0.25) is 0 Å². The molecule has 0 aliphatic rings. The number of carbonyl (C=O) groups excluding carboxylic acids is 2. The monoisotopic (exact) mass is 247 g/mol. The van der Waals surface area contributed by atoms with Crippen molar-refractivity contribution in [3.05, 3.63) is 41.7 Å². The van der Waals surface area contributed by atoms with Gasteiger partial charge in [0, 0.05) is 12.2 Å². The first-order valence-electron chi connectivity index (χ1n) is 5.20. The van der Waals surface area contributed by atoms with Crippen molar-refractivity contribution in [2.45, 2.75) is 13.8 Å². The van der Waals surface area contributed by atoms with Gasteiger partial charge in [0.15, 0.2) is 11.6 Å². The number of ketones is 2. The standard InChI is InChI=1S/C13H13NO4/c1-8(15)6-12(17)10-4-3-5-11(14-10)13(18)7-9(2)16/h3-7,17-18H,1-2H3/b12-6-,13-7-. The van der Waals surface area contributed by atoms with Gasteiger partial charge in [-0.05, 0) is 26.0 Å². The molecule has 0 aliphatic heterocycles. The molecule has 94 valence electrons. The van der Waals surface area contributed by atoms with Gasteiger partial charge < -0.3 is 10.2 Å². The average molecular weight is 247 g/mol. The van der Waals surface area contributed by atoms with Crippen LogP contribution in [-0.4, -0.2) is 26.8 Å². The quantitative estimate of drug-likeness (QED) is 0.628.